The molecule has 0 aliphatic heterocycles. The Balaban J connectivity index is 1.99. The summed E-state index contributed by atoms with van der Waals surface area (Å²) in [5.41, 5.74) is 4.56. The van der Waals surface area contributed by atoms with Crippen LogP contribution in [0.25, 0.3) is 27.8 Å². The zero-order valence-electron chi connectivity index (χ0n) is 12.3. The number of aryl methyl sites for hydroxylation is 1. The van der Waals surface area contributed by atoms with E-state index in [0.29, 0.717) is 0 Å². The molecule has 0 aromatic carbocycles. The molecule has 0 atom stereocenters. The number of hydrogen-bond donors (Lipinski definition) is 1. The molecule has 4 aromatic rings. The summed E-state index contributed by atoms with van der Waals surface area (Å²) in [6.07, 6.45) is 3.70. The average molecular weight is 290 g/mol. The molecule has 108 valence electrons. The molecule has 0 saturated heterocycles. The van der Waals surface area contributed by atoms with Gasteiger partial charge in [-0.3, -0.25) is 4.98 Å². The first-order chi connectivity index (χ1) is 10.8. The van der Waals surface area contributed by atoms with E-state index in [1.54, 1.807) is 6.20 Å². The quantitative estimate of drug-likeness (QED) is 0.614. The topological polar surface area (TPSA) is 68.0 Å². The van der Waals surface area contributed by atoms with Crippen molar-refractivity contribution >= 4 is 22.4 Å². The maximum absolute atomic E-state index is 4.71. The van der Waals surface area contributed by atoms with Crippen molar-refractivity contribution in [2.24, 2.45) is 0 Å². The van der Waals surface area contributed by atoms with Crippen LogP contribution in [-0.4, -0.2) is 31.6 Å². The number of hydrogen-bond acceptors (Lipinski definition) is 5. The molecule has 6 nitrogen and oxygen atoms in total. The second-order valence-electron chi connectivity index (χ2n) is 5.02. The molecular formula is C16H14N6. The van der Waals surface area contributed by atoms with Gasteiger partial charge in [-0.25, -0.2) is 14.5 Å². The van der Waals surface area contributed by atoms with Crippen LogP contribution < -0.4 is 5.32 Å². The Labute approximate surface area is 126 Å². The third-order valence-electron chi connectivity index (χ3n) is 3.59. The van der Waals surface area contributed by atoms with Crippen molar-refractivity contribution in [3.05, 3.63) is 48.5 Å². The molecule has 0 spiro atoms. The van der Waals surface area contributed by atoms with Crippen molar-refractivity contribution in [1.29, 1.82) is 0 Å². The summed E-state index contributed by atoms with van der Waals surface area (Å²) < 4.78 is 1.83. The van der Waals surface area contributed by atoms with Crippen molar-refractivity contribution in [3.8, 4) is 11.3 Å². The highest BCUT2D eigenvalue weighted by atomic mass is 15.3. The molecule has 0 saturated carbocycles. The van der Waals surface area contributed by atoms with Gasteiger partial charge in [0.05, 0.1) is 16.7 Å². The largest absolute Gasteiger partial charge is 0.371 e. The minimum absolute atomic E-state index is 0.717. The van der Waals surface area contributed by atoms with E-state index in [4.69, 9.17) is 4.98 Å². The molecule has 0 aliphatic carbocycles. The molecular weight excluding hydrogens is 276 g/mol. The van der Waals surface area contributed by atoms with Gasteiger partial charge in [-0.05, 0) is 37.3 Å². The van der Waals surface area contributed by atoms with E-state index >= 15 is 0 Å². The number of fused-ring (bicyclic) bond motifs is 2. The lowest BCUT2D eigenvalue weighted by molar-refractivity contribution is 0.859. The van der Waals surface area contributed by atoms with Gasteiger partial charge in [0.2, 0.25) is 0 Å². The van der Waals surface area contributed by atoms with Gasteiger partial charge in [0.1, 0.15) is 11.3 Å². The van der Waals surface area contributed by atoms with Crippen LogP contribution in [-0.2, 0) is 0 Å². The maximum atomic E-state index is 4.71. The van der Waals surface area contributed by atoms with Gasteiger partial charge in [-0.2, -0.15) is 5.10 Å². The van der Waals surface area contributed by atoms with Gasteiger partial charge >= 0.3 is 0 Å². The number of pyridine rings is 2. The molecule has 0 unspecified atom stereocenters. The highest BCUT2D eigenvalue weighted by molar-refractivity contribution is 5.89. The Morgan fingerprint density at radius 1 is 1.05 bits per heavy atom. The first-order valence-electron chi connectivity index (χ1n) is 7.02. The number of anilines is 1. The monoisotopic (exact) mass is 290 g/mol. The molecule has 0 bridgehead atoms. The summed E-state index contributed by atoms with van der Waals surface area (Å²) >= 11 is 0. The second kappa shape index (κ2) is 4.77. The van der Waals surface area contributed by atoms with E-state index < -0.39 is 0 Å². The normalized spacial score (nSPS) is 11.2. The minimum atomic E-state index is 0.717. The van der Waals surface area contributed by atoms with Crippen molar-refractivity contribution in [1.82, 2.24) is 24.6 Å². The fraction of sp³-hybridized carbons (Fsp3) is 0.125. The summed E-state index contributed by atoms with van der Waals surface area (Å²) in [5, 5.41) is 7.55. The van der Waals surface area contributed by atoms with Gasteiger partial charge in [0, 0.05) is 25.0 Å². The van der Waals surface area contributed by atoms with Gasteiger partial charge in [0.15, 0.2) is 5.82 Å². The van der Waals surface area contributed by atoms with Crippen LogP contribution in [0.1, 0.15) is 5.82 Å². The highest BCUT2D eigenvalue weighted by Gasteiger charge is 2.13. The van der Waals surface area contributed by atoms with E-state index in [2.05, 4.69) is 20.4 Å². The van der Waals surface area contributed by atoms with Crippen LogP contribution in [0, 0.1) is 6.92 Å². The molecule has 0 amide bonds. The molecule has 22 heavy (non-hydrogen) atoms. The first-order valence-corrected chi connectivity index (χ1v) is 7.02. The van der Waals surface area contributed by atoms with Crippen molar-refractivity contribution in [2.75, 3.05) is 12.4 Å². The lowest BCUT2D eigenvalue weighted by Crippen LogP contribution is -2.03. The highest BCUT2D eigenvalue weighted by Crippen LogP contribution is 2.29. The third-order valence-corrected chi connectivity index (χ3v) is 3.59. The van der Waals surface area contributed by atoms with Crippen molar-refractivity contribution in [2.45, 2.75) is 6.92 Å². The Morgan fingerprint density at radius 2 is 1.95 bits per heavy atom. The smallest absolute Gasteiger partial charge is 0.154 e. The van der Waals surface area contributed by atoms with Gasteiger partial charge in [-0.1, -0.05) is 0 Å². The fourth-order valence-electron chi connectivity index (χ4n) is 2.62. The van der Waals surface area contributed by atoms with Crippen molar-refractivity contribution < 1.29 is 0 Å². The SMILES string of the molecule is CNc1nc(C)nn2ccc(-c3ccc4ncccc4n3)c12. The van der Waals surface area contributed by atoms with Gasteiger partial charge < -0.3 is 5.32 Å². The average Bonchev–Trinajstić information content (AvgIpc) is 2.97. The van der Waals surface area contributed by atoms with Crippen molar-refractivity contribution in [3.63, 3.8) is 0 Å². The molecule has 1 N–H and O–H groups in total. The summed E-state index contributed by atoms with van der Waals surface area (Å²) in [5.74, 6) is 1.51. The van der Waals surface area contributed by atoms with E-state index in [9.17, 15) is 0 Å². The van der Waals surface area contributed by atoms with Crippen LogP contribution in [0.15, 0.2) is 42.7 Å². The minimum Gasteiger partial charge on any atom is -0.371 e. The van der Waals surface area contributed by atoms with E-state index in [1.165, 1.54) is 0 Å². The summed E-state index contributed by atoms with van der Waals surface area (Å²) in [7, 11) is 1.86. The molecule has 0 fully saturated rings. The van der Waals surface area contributed by atoms with Gasteiger partial charge in [-0.15, -0.1) is 0 Å². The van der Waals surface area contributed by atoms with E-state index in [-0.39, 0.29) is 0 Å². The molecule has 4 rings (SSSR count). The third kappa shape index (κ3) is 1.88. The van der Waals surface area contributed by atoms with Crippen LogP contribution in [0.2, 0.25) is 0 Å². The Morgan fingerprint density at radius 3 is 2.82 bits per heavy atom. The molecule has 0 aliphatic rings. The number of aromatic nitrogens is 5. The number of rotatable bonds is 2. The lowest BCUT2D eigenvalue weighted by atomic mass is 10.1. The lowest BCUT2D eigenvalue weighted by Gasteiger charge is -2.07. The predicted molar refractivity (Wildman–Crippen MR) is 85.8 cm³/mol. The van der Waals surface area contributed by atoms with Crippen LogP contribution >= 0.6 is 0 Å². The molecule has 4 aromatic heterocycles. The number of nitrogens with zero attached hydrogens (tertiary/aromatic N) is 5. The summed E-state index contributed by atoms with van der Waals surface area (Å²) in [6.45, 7) is 1.87. The second-order valence-corrected chi connectivity index (χ2v) is 5.02. The summed E-state index contributed by atoms with van der Waals surface area (Å²) in [6, 6.07) is 9.82. The van der Waals surface area contributed by atoms with E-state index in [1.807, 2.05) is 55.0 Å². The fourth-order valence-corrected chi connectivity index (χ4v) is 2.62. The summed E-state index contributed by atoms with van der Waals surface area (Å²) in [4.78, 5) is 13.5. The Kier molecular flexibility index (Phi) is 2.75. The van der Waals surface area contributed by atoms with E-state index in [0.717, 1.165) is 39.4 Å². The van der Waals surface area contributed by atoms with Crippen LogP contribution in [0.4, 0.5) is 5.82 Å². The van der Waals surface area contributed by atoms with Crippen LogP contribution in [0.3, 0.4) is 0 Å². The van der Waals surface area contributed by atoms with Crippen LogP contribution in [0.5, 0.6) is 0 Å². The Bertz CT molecular complexity index is 988. The molecule has 4 heterocycles. The zero-order chi connectivity index (χ0) is 15.1. The van der Waals surface area contributed by atoms with Gasteiger partial charge in [0.25, 0.3) is 0 Å². The maximum Gasteiger partial charge on any atom is 0.154 e. The first kappa shape index (κ1) is 12.7. The Hall–Kier alpha value is -3.02. The predicted octanol–water partition coefficient (Wildman–Crippen LogP) is 2.69. The standard InChI is InChI=1S/C16H14N6/c1-10-19-16(17-2)15-11(7-9-22(15)21-10)12-5-6-13-14(20-12)4-3-8-18-13/h3-9H,1-2H3,(H,17,19,21). The molecule has 0 radical (unpaired) electrons. The molecule has 6 heteroatoms. The number of nitrogens with one attached hydrogen (secondary N) is 1. The zero-order valence-corrected chi connectivity index (χ0v) is 12.3.